The van der Waals surface area contributed by atoms with E-state index < -0.39 is 5.82 Å². The Kier molecular flexibility index (Phi) is 5.21. The maximum Gasteiger partial charge on any atom is 0.164 e. The average molecular weight is 313 g/mol. The topological polar surface area (TPSA) is 51.5 Å². The first-order chi connectivity index (χ1) is 11.1. The Labute approximate surface area is 134 Å². The maximum absolute atomic E-state index is 13.4. The number of nitrogens with zero attached hydrogens (tertiary/aromatic N) is 1. The molecule has 0 heterocycles. The minimum Gasteiger partial charge on any atom is -0.496 e. The summed E-state index contributed by atoms with van der Waals surface area (Å²) in [5, 5.41) is 9.39. The third kappa shape index (κ3) is 3.61. The molecule has 0 saturated carbocycles. The lowest BCUT2D eigenvalue weighted by atomic mass is 10.0. The van der Waals surface area contributed by atoms with Gasteiger partial charge in [-0.3, -0.25) is 0 Å². The molecule has 0 aliphatic heterocycles. The lowest BCUT2D eigenvalue weighted by molar-refractivity contribution is 0.348. The van der Waals surface area contributed by atoms with Crippen LogP contribution in [0.4, 0.5) is 4.39 Å². The van der Waals surface area contributed by atoms with Gasteiger partial charge in [0.05, 0.1) is 33.0 Å². The monoisotopic (exact) mass is 313 g/mol. The number of allylic oxidation sites excluding steroid dienone is 1. The molecule has 0 aliphatic carbocycles. The van der Waals surface area contributed by atoms with Crippen LogP contribution in [0.2, 0.25) is 0 Å². The molecular formula is C18H16FNO3. The average Bonchev–Trinajstić information content (AvgIpc) is 2.58. The molecule has 23 heavy (non-hydrogen) atoms. The lowest BCUT2D eigenvalue weighted by Gasteiger charge is -2.12. The molecule has 0 amide bonds. The maximum atomic E-state index is 13.4. The van der Waals surface area contributed by atoms with E-state index in [0.717, 1.165) is 0 Å². The van der Waals surface area contributed by atoms with Crippen molar-refractivity contribution in [3.8, 4) is 23.3 Å². The second kappa shape index (κ2) is 7.32. The highest BCUT2D eigenvalue weighted by atomic mass is 19.1. The van der Waals surface area contributed by atoms with E-state index in [-0.39, 0.29) is 0 Å². The molecule has 2 rings (SSSR count). The standard InChI is InChI=1S/C18H16FNO3/c1-21-16-10-18(23-3)17(22-2)9-13(16)7-14(11-20)12-5-4-6-15(19)8-12/h4-10H,1-3H3/b14-7-. The number of hydrogen-bond acceptors (Lipinski definition) is 4. The number of benzene rings is 2. The molecule has 4 nitrogen and oxygen atoms in total. The molecule has 5 heteroatoms. The summed E-state index contributed by atoms with van der Waals surface area (Å²) in [7, 11) is 4.57. The predicted molar refractivity (Wildman–Crippen MR) is 86.0 cm³/mol. The largest absolute Gasteiger partial charge is 0.496 e. The molecule has 0 N–H and O–H groups in total. The minimum atomic E-state index is -0.400. The van der Waals surface area contributed by atoms with Gasteiger partial charge in [0, 0.05) is 11.6 Å². The molecule has 0 aromatic heterocycles. The first kappa shape index (κ1) is 16.4. The van der Waals surface area contributed by atoms with E-state index in [0.29, 0.717) is 33.9 Å². The fourth-order valence-electron chi connectivity index (χ4n) is 2.16. The first-order valence-electron chi connectivity index (χ1n) is 6.80. The molecule has 0 aliphatic rings. The van der Waals surface area contributed by atoms with Gasteiger partial charge in [-0.05, 0) is 29.8 Å². The summed E-state index contributed by atoms with van der Waals surface area (Å²) in [6.07, 6.45) is 1.62. The smallest absolute Gasteiger partial charge is 0.164 e. The Balaban J connectivity index is 2.57. The molecule has 0 fully saturated rings. The van der Waals surface area contributed by atoms with Gasteiger partial charge in [0.15, 0.2) is 11.5 Å². The molecule has 0 saturated heterocycles. The van der Waals surface area contributed by atoms with Crippen molar-refractivity contribution >= 4 is 11.6 Å². The van der Waals surface area contributed by atoms with Crippen molar-refractivity contribution in [1.82, 2.24) is 0 Å². The summed E-state index contributed by atoms with van der Waals surface area (Å²) in [6.45, 7) is 0. The van der Waals surface area contributed by atoms with Crippen LogP contribution in [0, 0.1) is 17.1 Å². The van der Waals surface area contributed by atoms with Gasteiger partial charge in [0.2, 0.25) is 0 Å². The van der Waals surface area contributed by atoms with Crippen molar-refractivity contribution in [1.29, 1.82) is 5.26 Å². The number of halogens is 1. The van der Waals surface area contributed by atoms with E-state index in [2.05, 4.69) is 6.07 Å². The number of methoxy groups -OCH3 is 3. The molecule has 0 atom stereocenters. The van der Waals surface area contributed by atoms with Crippen molar-refractivity contribution in [2.24, 2.45) is 0 Å². The van der Waals surface area contributed by atoms with Crippen molar-refractivity contribution in [3.05, 3.63) is 53.3 Å². The Morgan fingerprint density at radius 2 is 1.65 bits per heavy atom. The van der Waals surface area contributed by atoms with E-state index in [9.17, 15) is 9.65 Å². The number of nitriles is 1. The zero-order valence-corrected chi connectivity index (χ0v) is 13.1. The van der Waals surface area contributed by atoms with Crippen LogP contribution < -0.4 is 14.2 Å². The number of hydrogen-bond donors (Lipinski definition) is 0. The van der Waals surface area contributed by atoms with E-state index in [1.165, 1.54) is 33.5 Å². The van der Waals surface area contributed by atoms with E-state index in [1.54, 1.807) is 30.3 Å². The zero-order chi connectivity index (χ0) is 16.8. The van der Waals surface area contributed by atoms with Crippen LogP contribution in [-0.4, -0.2) is 21.3 Å². The van der Waals surface area contributed by atoms with Gasteiger partial charge in [-0.1, -0.05) is 12.1 Å². The van der Waals surface area contributed by atoms with Crippen LogP contribution in [0.1, 0.15) is 11.1 Å². The lowest BCUT2D eigenvalue weighted by Crippen LogP contribution is -1.95. The van der Waals surface area contributed by atoms with Gasteiger partial charge in [0.25, 0.3) is 0 Å². The first-order valence-corrected chi connectivity index (χ1v) is 6.80. The molecule has 118 valence electrons. The minimum absolute atomic E-state index is 0.315. The Bertz CT molecular complexity index is 778. The molecule has 0 unspecified atom stereocenters. The Morgan fingerprint density at radius 3 is 2.22 bits per heavy atom. The quantitative estimate of drug-likeness (QED) is 0.620. The van der Waals surface area contributed by atoms with Crippen LogP contribution in [0.15, 0.2) is 36.4 Å². The van der Waals surface area contributed by atoms with Gasteiger partial charge in [-0.25, -0.2) is 4.39 Å². The fraction of sp³-hybridized carbons (Fsp3) is 0.167. The van der Waals surface area contributed by atoms with Crippen LogP contribution in [0.3, 0.4) is 0 Å². The highest BCUT2D eigenvalue weighted by molar-refractivity contribution is 5.91. The van der Waals surface area contributed by atoms with Crippen molar-refractivity contribution in [2.45, 2.75) is 0 Å². The van der Waals surface area contributed by atoms with Gasteiger partial charge < -0.3 is 14.2 Å². The van der Waals surface area contributed by atoms with E-state index in [4.69, 9.17) is 14.2 Å². The predicted octanol–water partition coefficient (Wildman–Crippen LogP) is 3.92. The molecular weight excluding hydrogens is 297 g/mol. The summed E-state index contributed by atoms with van der Waals surface area (Å²) >= 11 is 0. The second-order valence-electron chi connectivity index (χ2n) is 4.63. The molecule has 2 aromatic carbocycles. The molecule has 2 aromatic rings. The summed E-state index contributed by atoms with van der Waals surface area (Å²) < 4.78 is 29.2. The van der Waals surface area contributed by atoms with Crippen LogP contribution in [0.5, 0.6) is 17.2 Å². The van der Waals surface area contributed by atoms with E-state index >= 15 is 0 Å². The Morgan fingerprint density at radius 1 is 1.00 bits per heavy atom. The van der Waals surface area contributed by atoms with Crippen LogP contribution in [0.25, 0.3) is 11.6 Å². The van der Waals surface area contributed by atoms with Gasteiger partial charge >= 0.3 is 0 Å². The van der Waals surface area contributed by atoms with Gasteiger partial charge in [0.1, 0.15) is 11.6 Å². The second-order valence-corrected chi connectivity index (χ2v) is 4.63. The normalized spacial score (nSPS) is 10.8. The Hall–Kier alpha value is -3.00. The SMILES string of the molecule is COc1cc(OC)c(OC)cc1/C=C(/C#N)c1cccc(F)c1. The molecule has 0 spiro atoms. The van der Waals surface area contributed by atoms with Crippen LogP contribution in [-0.2, 0) is 0 Å². The van der Waals surface area contributed by atoms with Gasteiger partial charge in [-0.2, -0.15) is 5.26 Å². The van der Waals surface area contributed by atoms with E-state index in [1.807, 2.05) is 0 Å². The molecule has 0 radical (unpaired) electrons. The third-order valence-electron chi connectivity index (χ3n) is 3.29. The van der Waals surface area contributed by atoms with Gasteiger partial charge in [-0.15, -0.1) is 0 Å². The fourth-order valence-corrected chi connectivity index (χ4v) is 2.16. The third-order valence-corrected chi connectivity index (χ3v) is 3.29. The summed E-state index contributed by atoms with van der Waals surface area (Å²) in [5.74, 6) is 1.15. The van der Waals surface area contributed by atoms with Crippen LogP contribution >= 0.6 is 0 Å². The highest BCUT2D eigenvalue weighted by Crippen LogP contribution is 2.36. The van der Waals surface area contributed by atoms with Crippen molar-refractivity contribution in [3.63, 3.8) is 0 Å². The summed E-state index contributed by atoms with van der Waals surface area (Å²) in [6, 6.07) is 11.3. The summed E-state index contributed by atoms with van der Waals surface area (Å²) in [5.41, 5.74) is 1.44. The number of rotatable bonds is 5. The molecule has 0 bridgehead atoms. The number of ether oxygens (including phenoxy) is 3. The van der Waals surface area contributed by atoms with Crippen molar-refractivity contribution in [2.75, 3.05) is 21.3 Å². The zero-order valence-electron chi connectivity index (χ0n) is 13.1. The summed E-state index contributed by atoms with van der Waals surface area (Å²) in [4.78, 5) is 0. The van der Waals surface area contributed by atoms with Crippen molar-refractivity contribution < 1.29 is 18.6 Å². The highest BCUT2D eigenvalue weighted by Gasteiger charge is 2.12.